The van der Waals surface area contributed by atoms with Crippen molar-refractivity contribution in [2.24, 2.45) is 0 Å². The zero-order chi connectivity index (χ0) is 12.8. The van der Waals surface area contributed by atoms with Crippen LogP contribution in [-0.4, -0.2) is 30.6 Å². The molecular weight excluding hydrogens is 224 g/mol. The molecule has 3 nitrogen and oxygen atoms in total. The molecule has 18 heavy (non-hydrogen) atoms. The third-order valence-corrected chi connectivity index (χ3v) is 3.56. The third-order valence-electron chi connectivity index (χ3n) is 3.56. The number of hydrogen-bond donors (Lipinski definition) is 1. The van der Waals surface area contributed by atoms with Crippen LogP contribution in [0.15, 0.2) is 30.3 Å². The normalized spacial score (nSPS) is 20.3. The number of rotatable bonds is 2. The van der Waals surface area contributed by atoms with Crippen molar-refractivity contribution in [2.45, 2.75) is 32.1 Å². The fourth-order valence-electron chi connectivity index (χ4n) is 2.59. The summed E-state index contributed by atoms with van der Waals surface area (Å²) in [6, 6.07) is 10.6. The lowest BCUT2D eigenvalue weighted by Crippen LogP contribution is -2.41. The Morgan fingerprint density at radius 3 is 2.83 bits per heavy atom. The maximum absolute atomic E-state index is 11.9. The number of carbonyl (C=O) groups is 1. The average molecular weight is 246 g/mol. The van der Waals surface area contributed by atoms with Crippen LogP contribution in [-0.2, 0) is 0 Å². The monoisotopic (exact) mass is 246 g/mol. The number of likely N-dealkylation sites (tertiary alicyclic amines) is 1. The number of benzene rings is 1. The zero-order valence-corrected chi connectivity index (χ0v) is 11.1. The van der Waals surface area contributed by atoms with Crippen molar-refractivity contribution in [3.63, 3.8) is 0 Å². The van der Waals surface area contributed by atoms with Crippen LogP contribution < -0.4 is 5.32 Å². The number of carbonyl (C=O) groups excluding carboxylic acids is 1. The molecule has 1 aromatic rings. The molecule has 0 spiro atoms. The lowest BCUT2D eigenvalue weighted by atomic mass is 9.94. The van der Waals surface area contributed by atoms with E-state index in [4.69, 9.17) is 0 Å². The van der Waals surface area contributed by atoms with E-state index in [2.05, 4.69) is 29.6 Å². The Labute approximate surface area is 109 Å². The first-order valence-corrected chi connectivity index (χ1v) is 6.89. The molecule has 1 fully saturated rings. The Morgan fingerprint density at radius 1 is 1.33 bits per heavy atom. The fraction of sp³-hybridized carbons (Fsp3) is 0.533. The van der Waals surface area contributed by atoms with Crippen molar-refractivity contribution in [1.29, 1.82) is 0 Å². The van der Waals surface area contributed by atoms with Crippen molar-refractivity contribution in [3.8, 4) is 0 Å². The number of nitrogens with one attached hydrogen (secondary N) is 1. The molecule has 3 heteroatoms. The van der Waals surface area contributed by atoms with Gasteiger partial charge < -0.3 is 10.2 Å². The van der Waals surface area contributed by atoms with Gasteiger partial charge in [-0.1, -0.05) is 36.8 Å². The van der Waals surface area contributed by atoms with Crippen LogP contribution in [0.3, 0.4) is 0 Å². The molecule has 1 unspecified atom stereocenters. The lowest BCUT2D eigenvalue weighted by molar-refractivity contribution is 0.198. The highest BCUT2D eigenvalue weighted by atomic mass is 16.2. The minimum Gasteiger partial charge on any atom is -0.338 e. The molecule has 1 aliphatic rings. The predicted octanol–water partition coefficient (Wildman–Crippen LogP) is 2.99. The fourth-order valence-corrected chi connectivity index (χ4v) is 2.59. The summed E-state index contributed by atoms with van der Waals surface area (Å²) < 4.78 is 0. The highest BCUT2D eigenvalue weighted by molar-refractivity contribution is 5.74. The van der Waals surface area contributed by atoms with E-state index >= 15 is 0 Å². The van der Waals surface area contributed by atoms with Crippen LogP contribution in [0, 0.1) is 0 Å². The summed E-state index contributed by atoms with van der Waals surface area (Å²) in [6.07, 6.45) is 3.50. The van der Waals surface area contributed by atoms with E-state index in [1.54, 1.807) is 0 Å². The van der Waals surface area contributed by atoms with E-state index in [9.17, 15) is 4.79 Å². The van der Waals surface area contributed by atoms with Gasteiger partial charge in [-0.05, 0) is 25.3 Å². The number of hydrogen-bond acceptors (Lipinski definition) is 1. The second-order valence-corrected chi connectivity index (χ2v) is 4.88. The van der Waals surface area contributed by atoms with Gasteiger partial charge >= 0.3 is 6.03 Å². The van der Waals surface area contributed by atoms with E-state index in [0.717, 1.165) is 19.5 Å². The standard InChI is InChI=1S/C15H22N2O/c1-2-16-15(18)17-11-7-6-10-14(12-17)13-8-4-3-5-9-13/h3-5,8-9,14H,2,6-7,10-12H2,1H3,(H,16,18). The quantitative estimate of drug-likeness (QED) is 0.855. The van der Waals surface area contributed by atoms with E-state index in [-0.39, 0.29) is 6.03 Å². The highest BCUT2D eigenvalue weighted by Crippen LogP contribution is 2.26. The summed E-state index contributed by atoms with van der Waals surface area (Å²) in [5.74, 6) is 0.483. The third kappa shape index (κ3) is 3.25. The Bertz CT molecular complexity index is 377. The maximum atomic E-state index is 11.9. The molecule has 0 saturated carbocycles. The first kappa shape index (κ1) is 12.9. The van der Waals surface area contributed by atoms with Gasteiger partial charge in [0, 0.05) is 25.6 Å². The van der Waals surface area contributed by atoms with Crippen molar-refractivity contribution >= 4 is 6.03 Å². The van der Waals surface area contributed by atoms with Gasteiger partial charge in [-0.2, -0.15) is 0 Å². The van der Waals surface area contributed by atoms with Crippen molar-refractivity contribution in [2.75, 3.05) is 19.6 Å². The van der Waals surface area contributed by atoms with Crippen LogP contribution in [0.5, 0.6) is 0 Å². The Balaban J connectivity index is 2.06. The molecule has 0 aromatic heterocycles. The summed E-state index contributed by atoms with van der Waals surface area (Å²) in [7, 11) is 0. The molecule has 1 N–H and O–H groups in total. The van der Waals surface area contributed by atoms with Crippen LogP contribution in [0.2, 0.25) is 0 Å². The summed E-state index contributed by atoms with van der Waals surface area (Å²) >= 11 is 0. The lowest BCUT2D eigenvalue weighted by Gasteiger charge is -2.24. The van der Waals surface area contributed by atoms with Gasteiger partial charge in [-0.3, -0.25) is 0 Å². The van der Waals surface area contributed by atoms with Gasteiger partial charge in [0.25, 0.3) is 0 Å². The molecule has 0 bridgehead atoms. The maximum Gasteiger partial charge on any atom is 0.317 e. The van der Waals surface area contributed by atoms with Crippen molar-refractivity contribution in [3.05, 3.63) is 35.9 Å². The van der Waals surface area contributed by atoms with Gasteiger partial charge in [-0.15, -0.1) is 0 Å². The molecule has 0 radical (unpaired) electrons. The topological polar surface area (TPSA) is 32.3 Å². The number of amides is 2. The summed E-state index contributed by atoms with van der Waals surface area (Å²) in [5.41, 5.74) is 1.36. The van der Waals surface area contributed by atoms with Gasteiger partial charge in [-0.25, -0.2) is 4.79 Å². The van der Waals surface area contributed by atoms with Gasteiger partial charge in [0.15, 0.2) is 0 Å². The predicted molar refractivity (Wildman–Crippen MR) is 73.7 cm³/mol. The van der Waals surface area contributed by atoms with Crippen LogP contribution in [0.25, 0.3) is 0 Å². The smallest absolute Gasteiger partial charge is 0.317 e. The molecule has 1 aromatic carbocycles. The van der Waals surface area contributed by atoms with Crippen molar-refractivity contribution in [1.82, 2.24) is 10.2 Å². The zero-order valence-electron chi connectivity index (χ0n) is 11.1. The molecular formula is C15H22N2O. The molecule has 1 saturated heterocycles. The minimum absolute atomic E-state index is 0.0836. The molecule has 1 atom stereocenters. The van der Waals surface area contributed by atoms with Gasteiger partial charge in [0.1, 0.15) is 0 Å². The number of nitrogens with zero attached hydrogens (tertiary/aromatic N) is 1. The molecule has 2 amide bonds. The van der Waals surface area contributed by atoms with Crippen LogP contribution in [0.1, 0.15) is 37.7 Å². The highest BCUT2D eigenvalue weighted by Gasteiger charge is 2.22. The molecule has 1 heterocycles. The van der Waals surface area contributed by atoms with Crippen molar-refractivity contribution < 1.29 is 4.79 Å². The Kier molecular flexibility index (Phi) is 4.62. The molecule has 98 valence electrons. The Hall–Kier alpha value is -1.51. The average Bonchev–Trinajstić information content (AvgIpc) is 2.66. The summed E-state index contributed by atoms with van der Waals surface area (Å²) in [4.78, 5) is 13.9. The van der Waals surface area contributed by atoms with E-state index in [0.29, 0.717) is 12.5 Å². The second kappa shape index (κ2) is 6.43. The van der Waals surface area contributed by atoms with Crippen LogP contribution in [0.4, 0.5) is 4.79 Å². The molecule has 2 rings (SSSR count). The Morgan fingerprint density at radius 2 is 2.11 bits per heavy atom. The SMILES string of the molecule is CCNC(=O)N1CCCCC(c2ccccc2)C1. The van der Waals surface area contributed by atoms with Gasteiger partial charge in [0.2, 0.25) is 0 Å². The largest absolute Gasteiger partial charge is 0.338 e. The summed E-state index contributed by atoms with van der Waals surface area (Å²) in [6.45, 7) is 4.39. The van der Waals surface area contributed by atoms with Crippen LogP contribution >= 0.6 is 0 Å². The summed E-state index contributed by atoms with van der Waals surface area (Å²) in [5, 5.41) is 2.90. The minimum atomic E-state index is 0.0836. The van der Waals surface area contributed by atoms with E-state index < -0.39 is 0 Å². The van der Waals surface area contributed by atoms with E-state index in [1.165, 1.54) is 18.4 Å². The molecule has 1 aliphatic heterocycles. The first-order chi connectivity index (χ1) is 8.81. The van der Waals surface area contributed by atoms with Gasteiger partial charge in [0.05, 0.1) is 0 Å². The first-order valence-electron chi connectivity index (χ1n) is 6.89. The van der Waals surface area contributed by atoms with E-state index in [1.807, 2.05) is 17.9 Å². The second-order valence-electron chi connectivity index (χ2n) is 4.88. The number of urea groups is 1. The molecule has 0 aliphatic carbocycles.